The van der Waals surface area contributed by atoms with Gasteiger partial charge in [0, 0.05) is 33.1 Å². The Morgan fingerprint density at radius 3 is 1.73 bits per heavy atom. The Hall–Kier alpha value is -3.35. The van der Waals surface area contributed by atoms with Gasteiger partial charge in [-0.3, -0.25) is 14.4 Å². The Morgan fingerprint density at radius 2 is 1.37 bits per heavy atom. The van der Waals surface area contributed by atoms with E-state index in [2.05, 4.69) is 72.2 Å². The molecule has 9 unspecified atom stereocenters. The Bertz CT molecular complexity index is 1120. The molecule has 1 aliphatic heterocycles. The summed E-state index contributed by atoms with van der Waals surface area (Å²) in [7, 11) is 4.88. The number of carbonyl (C=O) groups excluding carboxylic acids is 4. The van der Waals surface area contributed by atoms with Gasteiger partial charge in [0.1, 0.15) is 12.3 Å². The van der Waals surface area contributed by atoms with Crippen LogP contribution in [-0.2, 0) is 39.9 Å². The maximum absolute atomic E-state index is 12.7. The molecule has 1 saturated carbocycles. The molecule has 12 heteroatoms. The normalized spacial score (nSPS) is 17.5. The number of carboxylic acids is 1. The molecule has 368 valence electrons. The number of carbonyl (C=O) groups is 5. The van der Waals surface area contributed by atoms with Crippen LogP contribution in [0.4, 0.5) is 0 Å². The van der Waals surface area contributed by atoms with Crippen molar-refractivity contribution in [3.05, 3.63) is 35.9 Å². The number of carboxylic acid groups (broad SMARTS) is 1. The summed E-state index contributed by atoms with van der Waals surface area (Å²) in [5.41, 5.74) is 9.50. The molecule has 1 heterocycles. The van der Waals surface area contributed by atoms with Crippen molar-refractivity contribution in [2.75, 3.05) is 21.3 Å². The van der Waals surface area contributed by atoms with Crippen LogP contribution in [-0.4, -0.2) is 92.6 Å². The molecule has 0 spiro atoms. The van der Waals surface area contributed by atoms with Gasteiger partial charge >= 0.3 is 5.97 Å². The molecule has 3 amide bonds. The van der Waals surface area contributed by atoms with E-state index in [0.29, 0.717) is 17.9 Å². The minimum atomic E-state index is -1.08. The number of ether oxygens (including phenoxy) is 2. The Labute approximate surface area is 381 Å². The lowest BCUT2D eigenvalue weighted by Gasteiger charge is -2.34. The first-order valence-electron chi connectivity index (χ1n) is 23.8. The summed E-state index contributed by atoms with van der Waals surface area (Å²) in [5, 5.41) is 12.1. The summed E-state index contributed by atoms with van der Waals surface area (Å²) in [6, 6.07) is 8.29. The third-order valence-corrected chi connectivity index (χ3v) is 10.1. The van der Waals surface area contributed by atoms with Crippen molar-refractivity contribution in [1.29, 1.82) is 0 Å². The zero-order valence-corrected chi connectivity index (χ0v) is 43.1. The fraction of sp³-hybridized carbons (Fsp3) is 0.780. The third-order valence-electron chi connectivity index (χ3n) is 10.1. The summed E-state index contributed by atoms with van der Waals surface area (Å²) >= 11 is 0. The van der Waals surface area contributed by atoms with Crippen LogP contribution in [0.2, 0.25) is 0 Å². The van der Waals surface area contributed by atoms with Crippen molar-refractivity contribution in [3.63, 3.8) is 0 Å². The third kappa shape index (κ3) is 33.2. The smallest absolute Gasteiger partial charge is 0.326 e. The van der Waals surface area contributed by atoms with Crippen LogP contribution in [0.25, 0.3) is 0 Å². The Balaban J connectivity index is -0.000000188. The van der Waals surface area contributed by atoms with E-state index in [-0.39, 0.29) is 30.8 Å². The van der Waals surface area contributed by atoms with E-state index in [1.54, 1.807) is 11.8 Å². The number of amides is 3. The van der Waals surface area contributed by atoms with E-state index in [4.69, 9.17) is 14.3 Å². The number of primary amides is 1. The van der Waals surface area contributed by atoms with Crippen molar-refractivity contribution in [1.82, 2.24) is 10.2 Å². The van der Waals surface area contributed by atoms with E-state index in [9.17, 15) is 24.3 Å². The predicted octanol–water partition coefficient (Wildman–Crippen LogP) is 10.1. The van der Waals surface area contributed by atoms with Crippen molar-refractivity contribution in [2.45, 2.75) is 205 Å². The monoisotopic (exact) mass is 885 g/mol. The molecule has 1 aromatic carbocycles. The molecular formula is C50H100N4O8. The number of unbranched alkanes of at least 4 members (excludes halogenated alkanes) is 1. The fourth-order valence-electron chi connectivity index (χ4n) is 6.81. The average molecular weight is 885 g/mol. The number of hydrogen-bond acceptors (Lipinski definition) is 8. The summed E-state index contributed by atoms with van der Waals surface area (Å²) < 4.78 is 11.2. The van der Waals surface area contributed by atoms with Gasteiger partial charge in [-0.2, -0.15) is 0 Å². The zero-order valence-electron chi connectivity index (χ0n) is 43.1. The first-order valence-corrected chi connectivity index (χ1v) is 23.8. The number of nitrogens with one attached hydrogen (secondary N) is 1. The van der Waals surface area contributed by atoms with Gasteiger partial charge in [0.05, 0.1) is 24.2 Å². The van der Waals surface area contributed by atoms with Crippen molar-refractivity contribution < 1.29 is 38.6 Å². The molecule has 2 fully saturated rings. The molecule has 6 N–H and O–H groups in total. The second-order valence-electron chi connectivity index (χ2n) is 14.9. The Morgan fingerprint density at radius 1 is 0.855 bits per heavy atom. The van der Waals surface area contributed by atoms with Crippen LogP contribution in [0.15, 0.2) is 30.3 Å². The lowest BCUT2D eigenvalue weighted by molar-refractivity contribution is -0.144. The standard InChI is InChI=1S/C20H26N2O5.C13H28O.C6H12O.C3H8.3C2H6.CH3NO.CH5N/c1-12(18(27-2)17-10-14-9-16(14)22(17)11-23)19(24)21-15(20(25)26)8-13-6-4-3-5-7-13;1-6-9-10-12(11(4)7-2)13(8-3)14-5;1-6(2)4-3-5-7;1-3-2;3*1-2;2-1-3;1-2/h3-7,11-12,14-18H,8-10H2,1-2H3,(H,21,24)(H,25,26);11-13H,6-10H2,1-5H3;5-6H,3-4H2,1-2H3;3H2,1-2H3;3*1-2H3;1H,(H2,2,3);2H2,1H3. The molecular weight excluding hydrogens is 785 g/mol. The summed E-state index contributed by atoms with van der Waals surface area (Å²) in [4.78, 5) is 55.8. The summed E-state index contributed by atoms with van der Waals surface area (Å²) in [6.45, 7) is 31.3. The molecule has 1 saturated heterocycles. The second-order valence-corrected chi connectivity index (χ2v) is 14.9. The highest BCUT2D eigenvalue weighted by molar-refractivity contribution is 5.85. The van der Waals surface area contributed by atoms with Gasteiger partial charge in [0.25, 0.3) is 0 Å². The number of methoxy groups -OCH3 is 2. The van der Waals surface area contributed by atoms with E-state index in [0.717, 1.165) is 62.2 Å². The predicted molar refractivity (Wildman–Crippen MR) is 262 cm³/mol. The number of nitrogens with two attached hydrogens (primary N) is 2. The molecule has 1 aliphatic carbocycles. The lowest BCUT2D eigenvalue weighted by Crippen LogP contribution is -2.51. The number of likely N-dealkylation sites (tertiary alicyclic amines) is 1. The highest BCUT2D eigenvalue weighted by Gasteiger charge is 2.55. The molecule has 1 aromatic rings. The Kier molecular flexibility index (Phi) is 57.0. The van der Waals surface area contributed by atoms with E-state index >= 15 is 0 Å². The molecule has 0 bridgehead atoms. The largest absolute Gasteiger partial charge is 0.480 e. The van der Waals surface area contributed by atoms with Gasteiger partial charge in [-0.1, -0.05) is 160 Å². The lowest BCUT2D eigenvalue weighted by atomic mass is 9.82. The maximum atomic E-state index is 12.7. The molecule has 9 atom stereocenters. The summed E-state index contributed by atoms with van der Waals surface area (Å²) in [5.74, 6) is 0.698. The SMILES string of the molecule is CC.CC.CC.CC(C)CCC=O.CCC.CCCCC(C(C)CC)C(CC)OC.CN.COC(C(C)C(=O)NC(Cc1ccccc1)C(=O)O)C1CC2CC2N1C=O.NC=O. The molecule has 0 radical (unpaired) electrons. The van der Waals surface area contributed by atoms with Crippen LogP contribution in [0.3, 0.4) is 0 Å². The fourth-order valence-corrected chi connectivity index (χ4v) is 6.81. The van der Waals surface area contributed by atoms with E-state index in [1.165, 1.54) is 46.3 Å². The topological polar surface area (TPSA) is 191 Å². The van der Waals surface area contributed by atoms with Gasteiger partial charge < -0.3 is 41.1 Å². The maximum Gasteiger partial charge on any atom is 0.326 e. The number of piperidine rings is 1. The van der Waals surface area contributed by atoms with Crippen LogP contribution < -0.4 is 16.8 Å². The first-order chi connectivity index (χ1) is 29.8. The second kappa shape index (κ2) is 50.3. The van der Waals surface area contributed by atoms with Gasteiger partial charge in [0.2, 0.25) is 18.7 Å². The minimum Gasteiger partial charge on any atom is -0.480 e. The van der Waals surface area contributed by atoms with Crippen LogP contribution in [0.1, 0.15) is 174 Å². The summed E-state index contributed by atoms with van der Waals surface area (Å²) in [6.07, 6.45) is 13.5. The van der Waals surface area contributed by atoms with Crippen LogP contribution in [0.5, 0.6) is 0 Å². The number of rotatable bonds is 20. The number of benzene rings is 1. The van der Waals surface area contributed by atoms with Crippen LogP contribution in [0, 0.1) is 29.6 Å². The van der Waals surface area contributed by atoms with Crippen molar-refractivity contribution in [3.8, 4) is 0 Å². The highest BCUT2D eigenvalue weighted by Crippen LogP contribution is 2.48. The van der Waals surface area contributed by atoms with Crippen molar-refractivity contribution >= 4 is 31.0 Å². The molecule has 62 heavy (non-hydrogen) atoms. The number of nitrogens with zero attached hydrogens (tertiary/aromatic N) is 1. The molecule has 12 nitrogen and oxygen atoms in total. The average Bonchev–Trinajstić information content (AvgIpc) is 3.97. The number of aliphatic carboxylic acids is 1. The zero-order chi connectivity index (χ0) is 49.6. The quantitative estimate of drug-likeness (QED) is 0.0923. The van der Waals surface area contributed by atoms with E-state index < -0.39 is 24.0 Å². The number of fused-ring (bicyclic) bond motifs is 1. The van der Waals surface area contributed by atoms with Gasteiger partial charge in [-0.05, 0) is 68.4 Å². The van der Waals surface area contributed by atoms with Gasteiger partial charge in [-0.15, -0.1) is 0 Å². The van der Waals surface area contributed by atoms with Gasteiger partial charge in [0.15, 0.2) is 0 Å². The van der Waals surface area contributed by atoms with Gasteiger partial charge in [-0.25, -0.2) is 4.79 Å². The molecule has 2 aliphatic rings. The molecule has 0 aromatic heterocycles. The number of hydrogen-bond donors (Lipinski definition) is 4. The number of aldehydes is 1. The van der Waals surface area contributed by atoms with Crippen LogP contribution >= 0.6 is 0 Å². The molecule has 3 rings (SSSR count). The highest BCUT2D eigenvalue weighted by atomic mass is 16.5. The van der Waals surface area contributed by atoms with Crippen molar-refractivity contribution in [2.24, 2.45) is 41.1 Å². The minimum absolute atomic E-state index is 0.144. The van der Waals surface area contributed by atoms with E-state index in [1.807, 2.05) is 79.0 Å². The first kappa shape index (κ1) is 70.3.